The summed E-state index contributed by atoms with van der Waals surface area (Å²) in [4.78, 5) is 17.5. The largest absolute Gasteiger partial charge is 0.507 e. The summed E-state index contributed by atoms with van der Waals surface area (Å²) in [5.41, 5.74) is 1.84. The van der Waals surface area contributed by atoms with Gasteiger partial charge in [-0.1, -0.05) is 36.2 Å². The summed E-state index contributed by atoms with van der Waals surface area (Å²) in [6.45, 7) is 7.56. The van der Waals surface area contributed by atoms with E-state index in [1.165, 1.54) is 0 Å². The van der Waals surface area contributed by atoms with Gasteiger partial charge in [-0.3, -0.25) is 9.69 Å². The minimum absolute atomic E-state index is 0.144. The van der Waals surface area contributed by atoms with Crippen molar-refractivity contribution < 1.29 is 14.6 Å². The lowest BCUT2D eigenvalue weighted by molar-refractivity contribution is 0.101. The normalized spacial score (nSPS) is 18.9. The summed E-state index contributed by atoms with van der Waals surface area (Å²) >= 11 is 12.0. The molecular formula is C22H22Cl2N2O3. The highest BCUT2D eigenvalue weighted by Crippen LogP contribution is 2.40. The van der Waals surface area contributed by atoms with Gasteiger partial charge in [-0.15, -0.1) is 0 Å². The Balaban J connectivity index is 1.59. The predicted molar refractivity (Wildman–Crippen MR) is 115 cm³/mol. The molecule has 0 bridgehead atoms. The average Bonchev–Trinajstić information content (AvgIpc) is 3.03. The second-order valence-corrected chi connectivity index (χ2v) is 8.08. The number of ketones is 1. The summed E-state index contributed by atoms with van der Waals surface area (Å²) in [7, 11) is 0. The van der Waals surface area contributed by atoms with Gasteiger partial charge in [0, 0.05) is 32.7 Å². The van der Waals surface area contributed by atoms with Crippen LogP contribution in [0.25, 0.3) is 6.08 Å². The maximum absolute atomic E-state index is 12.8. The van der Waals surface area contributed by atoms with Gasteiger partial charge in [0.05, 0.1) is 21.2 Å². The molecule has 2 aromatic carbocycles. The van der Waals surface area contributed by atoms with Crippen LogP contribution < -0.4 is 4.74 Å². The van der Waals surface area contributed by atoms with E-state index in [1.54, 1.807) is 36.4 Å². The minimum atomic E-state index is -0.205. The topological polar surface area (TPSA) is 53.0 Å². The second kappa shape index (κ2) is 8.36. The summed E-state index contributed by atoms with van der Waals surface area (Å²) in [5, 5.41) is 11.3. The van der Waals surface area contributed by atoms with E-state index in [-0.39, 0.29) is 17.3 Å². The number of hydrogen-bond acceptors (Lipinski definition) is 5. The fourth-order valence-corrected chi connectivity index (χ4v) is 4.00. The highest BCUT2D eigenvalue weighted by atomic mass is 35.5. The van der Waals surface area contributed by atoms with Gasteiger partial charge < -0.3 is 14.7 Å². The standard InChI is InChI=1S/C22H22Cl2N2O3/c1-2-25-7-9-26(10-8-25)13-16-19(27)6-4-15-21(28)20(29-22(15)16)12-14-3-5-17(23)18(24)11-14/h3-6,11-12,27H,2,7-10,13H2,1H3/b20-12-. The van der Waals surface area contributed by atoms with Crippen LogP contribution in [-0.2, 0) is 6.54 Å². The Kier molecular flexibility index (Phi) is 5.83. The third-order valence-electron chi connectivity index (χ3n) is 5.45. The van der Waals surface area contributed by atoms with Crippen molar-refractivity contribution in [2.75, 3.05) is 32.7 Å². The number of aromatic hydroxyl groups is 1. The summed E-state index contributed by atoms with van der Waals surface area (Å²) in [6.07, 6.45) is 1.64. The maximum atomic E-state index is 12.8. The summed E-state index contributed by atoms with van der Waals surface area (Å²) in [6, 6.07) is 8.31. The number of phenolic OH excluding ortho intramolecular Hbond substituents is 1. The molecule has 0 amide bonds. The van der Waals surface area contributed by atoms with Crippen LogP contribution in [0.1, 0.15) is 28.4 Å². The van der Waals surface area contributed by atoms with Crippen molar-refractivity contribution >= 4 is 35.1 Å². The summed E-state index contributed by atoms with van der Waals surface area (Å²) in [5.74, 6) is 0.591. The second-order valence-electron chi connectivity index (χ2n) is 7.26. The van der Waals surface area contributed by atoms with Crippen molar-refractivity contribution in [3.05, 3.63) is 62.8 Å². The van der Waals surface area contributed by atoms with Gasteiger partial charge in [0.1, 0.15) is 11.5 Å². The van der Waals surface area contributed by atoms with Crippen molar-refractivity contribution in [1.29, 1.82) is 0 Å². The van der Waals surface area contributed by atoms with Gasteiger partial charge in [-0.25, -0.2) is 0 Å². The third kappa shape index (κ3) is 4.14. The van der Waals surface area contributed by atoms with E-state index in [9.17, 15) is 9.90 Å². The van der Waals surface area contributed by atoms with E-state index < -0.39 is 0 Å². The Bertz CT molecular complexity index is 982. The highest BCUT2D eigenvalue weighted by Gasteiger charge is 2.32. The zero-order valence-electron chi connectivity index (χ0n) is 16.1. The number of rotatable bonds is 4. The van der Waals surface area contributed by atoms with Gasteiger partial charge in [-0.2, -0.15) is 0 Å². The highest BCUT2D eigenvalue weighted by molar-refractivity contribution is 6.42. The first-order valence-corrected chi connectivity index (χ1v) is 10.4. The number of carbonyl (C=O) groups is 1. The molecule has 0 aromatic heterocycles. The number of benzene rings is 2. The molecule has 0 radical (unpaired) electrons. The molecule has 5 nitrogen and oxygen atoms in total. The lowest BCUT2D eigenvalue weighted by Gasteiger charge is -2.34. The molecule has 7 heteroatoms. The molecule has 1 N–H and O–H groups in total. The molecule has 0 spiro atoms. The zero-order chi connectivity index (χ0) is 20.5. The monoisotopic (exact) mass is 432 g/mol. The number of piperazine rings is 1. The van der Waals surface area contributed by atoms with Gasteiger partial charge in [0.25, 0.3) is 0 Å². The van der Waals surface area contributed by atoms with Crippen molar-refractivity contribution in [3.8, 4) is 11.5 Å². The number of allylic oxidation sites excluding steroid dienone is 1. The Labute approximate surface area is 180 Å². The SMILES string of the molecule is CCN1CCN(Cc2c(O)ccc3c2O/C(=C\c2ccc(Cl)c(Cl)c2)C3=O)CC1. The van der Waals surface area contributed by atoms with E-state index in [2.05, 4.69) is 16.7 Å². The number of hydrogen-bond donors (Lipinski definition) is 1. The van der Waals surface area contributed by atoms with Crippen molar-refractivity contribution in [2.24, 2.45) is 0 Å². The minimum Gasteiger partial charge on any atom is -0.507 e. The lowest BCUT2D eigenvalue weighted by Crippen LogP contribution is -2.45. The Morgan fingerprint density at radius 2 is 1.79 bits per heavy atom. The van der Waals surface area contributed by atoms with Crippen molar-refractivity contribution in [2.45, 2.75) is 13.5 Å². The van der Waals surface area contributed by atoms with Crippen LogP contribution in [0.2, 0.25) is 10.0 Å². The first-order chi connectivity index (χ1) is 14.0. The van der Waals surface area contributed by atoms with Crippen LogP contribution in [0, 0.1) is 0 Å². The number of Topliss-reactive ketones (excluding diaryl/α,β-unsaturated/α-hetero) is 1. The van der Waals surface area contributed by atoms with Crippen LogP contribution in [0.15, 0.2) is 36.1 Å². The molecule has 2 heterocycles. The number of phenols is 1. The van der Waals surface area contributed by atoms with Crippen LogP contribution in [0.4, 0.5) is 0 Å². The lowest BCUT2D eigenvalue weighted by atomic mass is 10.0. The Morgan fingerprint density at radius 1 is 1.07 bits per heavy atom. The molecule has 152 valence electrons. The summed E-state index contributed by atoms with van der Waals surface area (Å²) < 4.78 is 5.93. The van der Waals surface area contributed by atoms with Gasteiger partial charge in [-0.05, 0) is 42.4 Å². The van der Waals surface area contributed by atoms with E-state index in [4.69, 9.17) is 27.9 Å². The van der Waals surface area contributed by atoms with Crippen LogP contribution in [-0.4, -0.2) is 53.4 Å². The van der Waals surface area contributed by atoms with E-state index in [1.807, 2.05) is 0 Å². The van der Waals surface area contributed by atoms with Gasteiger partial charge >= 0.3 is 0 Å². The first-order valence-electron chi connectivity index (χ1n) is 9.65. The van der Waals surface area contributed by atoms with Crippen molar-refractivity contribution in [3.63, 3.8) is 0 Å². The number of carbonyl (C=O) groups excluding carboxylic acids is 1. The fraction of sp³-hybridized carbons (Fsp3) is 0.318. The zero-order valence-corrected chi connectivity index (χ0v) is 17.6. The van der Waals surface area contributed by atoms with Crippen LogP contribution >= 0.6 is 23.2 Å². The van der Waals surface area contributed by atoms with E-state index >= 15 is 0 Å². The Hall–Kier alpha value is -2.05. The average molecular weight is 433 g/mol. The number of halogens is 2. The number of fused-ring (bicyclic) bond motifs is 1. The molecule has 0 aliphatic carbocycles. The molecule has 0 atom stereocenters. The molecule has 0 saturated carbocycles. The molecule has 1 fully saturated rings. The van der Waals surface area contributed by atoms with Crippen molar-refractivity contribution in [1.82, 2.24) is 9.80 Å². The molecule has 2 aliphatic heterocycles. The predicted octanol–water partition coefficient (Wildman–Crippen LogP) is 4.45. The third-order valence-corrected chi connectivity index (χ3v) is 6.19. The van der Waals surface area contributed by atoms with E-state index in [0.29, 0.717) is 33.5 Å². The van der Waals surface area contributed by atoms with Crippen LogP contribution in [0.5, 0.6) is 11.5 Å². The smallest absolute Gasteiger partial charge is 0.231 e. The fourth-order valence-electron chi connectivity index (χ4n) is 3.69. The molecule has 1 saturated heterocycles. The molecule has 2 aromatic rings. The number of nitrogens with zero attached hydrogens (tertiary/aromatic N) is 2. The first kappa shape index (κ1) is 20.2. The van der Waals surface area contributed by atoms with Crippen LogP contribution in [0.3, 0.4) is 0 Å². The molecule has 29 heavy (non-hydrogen) atoms. The molecular weight excluding hydrogens is 411 g/mol. The molecule has 2 aliphatic rings. The number of ether oxygens (including phenoxy) is 1. The van der Waals surface area contributed by atoms with Gasteiger partial charge in [0.15, 0.2) is 5.76 Å². The quantitative estimate of drug-likeness (QED) is 0.722. The maximum Gasteiger partial charge on any atom is 0.231 e. The molecule has 4 rings (SSSR count). The Morgan fingerprint density at radius 3 is 2.48 bits per heavy atom. The van der Waals surface area contributed by atoms with E-state index in [0.717, 1.165) is 38.3 Å². The number of likely N-dealkylation sites (N-methyl/N-ethyl adjacent to an activating group) is 1. The molecule has 0 unspecified atom stereocenters. The van der Waals surface area contributed by atoms with Gasteiger partial charge in [0.2, 0.25) is 5.78 Å².